The summed E-state index contributed by atoms with van der Waals surface area (Å²) in [6.45, 7) is 0.0300. The lowest BCUT2D eigenvalue weighted by Gasteiger charge is -1.89. The Bertz CT molecular complexity index is 375. The van der Waals surface area contributed by atoms with Crippen LogP contribution in [0.1, 0.15) is 21.9 Å². The number of ether oxygens (including phenoxy) is 1. The number of thiazole rings is 1. The zero-order chi connectivity index (χ0) is 10.4. The Morgan fingerprint density at radius 3 is 3.21 bits per heavy atom. The molecule has 0 aliphatic carbocycles. The van der Waals surface area contributed by atoms with Crippen molar-refractivity contribution in [2.24, 2.45) is 0 Å². The second-order valence-corrected chi connectivity index (χ2v) is 3.16. The summed E-state index contributed by atoms with van der Waals surface area (Å²) >= 11 is 1.28. The summed E-state index contributed by atoms with van der Waals surface area (Å²) in [5.41, 5.74) is 0.269. The van der Waals surface area contributed by atoms with Gasteiger partial charge in [0.25, 0.3) is 0 Å². The highest BCUT2D eigenvalue weighted by Crippen LogP contribution is 2.08. The van der Waals surface area contributed by atoms with Gasteiger partial charge in [-0.2, -0.15) is 0 Å². The molecule has 0 saturated heterocycles. The van der Waals surface area contributed by atoms with Crippen molar-refractivity contribution in [3.8, 4) is 11.8 Å². The molecule has 1 heterocycles. The number of nitrogens with zero attached hydrogens (tertiary/aromatic N) is 1. The summed E-state index contributed by atoms with van der Waals surface area (Å²) in [4.78, 5) is 14.9. The molecule has 5 heteroatoms. The average Bonchev–Trinajstić information content (AvgIpc) is 2.66. The Labute approximate surface area is 85.5 Å². The number of carbonyl (C=O) groups excluding carboxylic acids is 1. The van der Waals surface area contributed by atoms with Crippen LogP contribution >= 0.6 is 11.3 Å². The highest BCUT2D eigenvalue weighted by molar-refractivity contribution is 7.10. The largest absolute Gasteiger partial charge is 0.464 e. The molecule has 0 spiro atoms. The second-order valence-electron chi connectivity index (χ2n) is 2.30. The van der Waals surface area contributed by atoms with Crippen molar-refractivity contribution in [3.05, 3.63) is 16.1 Å². The van der Waals surface area contributed by atoms with E-state index in [0.29, 0.717) is 11.4 Å². The number of esters is 1. The van der Waals surface area contributed by atoms with Crippen molar-refractivity contribution in [3.63, 3.8) is 0 Å². The number of hydrogen-bond donors (Lipinski definition) is 1. The minimum Gasteiger partial charge on any atom is -0.464 e. The molecule has 1 N–H and O–H groups in total. The lowest BCUT2D eigenvalue weighted by molar-refractivity contribution is 0.0595. The quantitative estimate of drug-likeness (QED) is 0.576. The van der Waals surface area contributed by atoms with Crippen LogP contribution in [0.15, 0.2) is 5.38 Å². The molecule has 0 unspecified atom stereocenters. The summed E-state index contributed by atoms with van der Waals surface area (Å²) in [5.74, 6) is 4.99. The molecule has 1 aromatic rings. The van der Waals surface area contributed by atoms with Crippen molar-refractivity contribution in [1.29, 1.82) is 0 Å². The molecule has 0 aliphatic heterocycles. The Balaban J connectivity index is 2.70. The molecule has 14 heavy (non-hydrogen) atoms. The highest BCUT2D eigenvalue weighted by atomic mass is 32.1. The Morgan fingerprint density at radius 2 is 2.57 bits per heavy atom. The molecule has 1 rings (SSSR count). The van der Waals surface area contributed by atoms with Crippen LogP contribution in [-0.4, -0.2) is 29.8 Å². The van der Waals surface area contributed by atoms with E-state index in [0.717, 1.165) is 0 Å². The predicted molar refractivity (Wildman–Crippen MR) is 52.0 cm³/mol. The maximum absolute atomic E-state index is 11.0. The zero-order valence-electron chi connectivity index (χ0n) is 7.61. The van der Waals surface area contributed by atoms with Gasteiger partial charge in [0, 0.05) is 11.8 Å². The SMILES string of the molecule is COC(=O)c1csc(C#CCCO)n1. The van der Waals surface area contributed by atoms with Gasteiger partial charge in [-0.05, 0) is 5.92 Å². The molecule has 0 aromatic carbocycles. The van der Waals surface area contributed by atoms with E-state index in [1.54, 1.807) is 5.38 Å². The average molecular weight is 211 g/mol. The molecule has 4 nitrogen and oxygen atoms in total. The van der Waals surface area contributed by atoms with Gasteiger partial charge in [-0.25, -0.2) is 9.78 Å². The Morgan fingerprint density at radius 1 is 1.79 bits per heavy atom. The van der Waals surface area contributed by atoms with E-state index in [1.807, 2.05) is 0 Å². The van der Waals surface area contributed by atoms with Crippen LogP contribution in [0.25, 0.3) is 0 Å². The lowest BCUT2D eigenvalue weighted by Crippen LogP contribution is -2.00. The van der Waals surface area contributed by atoms with E-state index in [-0.39, 0.29) is 12.3 Å². The van der Waals surface area contributed by atoms with E-state index in [1.165, 1.54) is 18.4 Å². The standard InChI is InChI=1S/C9H9NO3S/c1-13-9(12)7-6-14-8(10-7)4-2-3-5-11/h6,11H,3,5H2,1H3. The minimum absolute atomic E-state index is 0.0300. The summed E-state index contributed by atoms with van der Waals surface area (Å²) in [5, 5.41) is 10.6. The van der Waals surface area contributed by atoms with Gasteiger partial charge in [-0.1, -0.05) is 5.92 Å². The second kappa shape index (κ2) is 5.37. The molecule has 0 amide bonds. The van der Waals surface area contributed by atoms with Gasteiger partial charge in [0.15, 0.2) is 10.7 Å². The third kappa shape index (κ3) is 2.83. The number of hydrogen-bond acceptors (Lipinski definition) is 5. The maximum atomic E-state index is 11.0. The van der Waals surface area contributed by atoms with Crippen molar-refractivity contribution >= 4 is 17.3 Å². The summed E-state index contributed by atoms with van der Waals surface area (Å²) in [6, 6.07) is 0. The van der Waals surface area contributed by atoms with Crippen molar-refractivity contribution in [1.82, 2.24) is 4.98 Å². The van der Waals surface area contributed by atoms with Crippen LogP contribution in [-0.2, 0) is 4.74 Å². The fourth-order valence-corrected chi connectivity index (χ4v) is 1.38. The minimum atomic E-state index is -0.462. The van der Waals surface area contributed by atoms with Gasteiger partial charge < -0.3 is 9.84 Å². The van der Waals surface area contributed by atoms with Crippen LogP contribution in [0.2, 0.25) is 0 Å². The van der Waals surface area contributed by atoms with Gasteiger partial charge in [0.05, 0.1) is 13.7 Å². The van der Waals surface area contributed by atoms with Crippen LogP contribution < -0.4 is 0 Å². The first-order valence-electron chi connectivity index (χ1n) is 3.91. The molecule has 0 bridgehead atoms. The van der Waals surface area contributed by atoms with Gasteiger partial charge in [0.2, 0.25) is 0 Å². The third-order valence-electron chi connectivity index (χ3n) is 1.33. The fourth-order valence-electron chi connectivity index (χ4n) is 0.723. The number of rotatable bonds is 2. The smallest absolute Gasteiger partial charge is 0.357 e. The van der Waals surface area contributed by atoms with E-state index in [4.69, 9.17) is 5.11 Å². The van der Waals surface area contributed by atoms with Crippen LogP contribution in [0.4, 0.5) is 0 Å². The number of aromatic nitrogens is 1. The predicted octanol–water partition coefficient (Wildman–Crippen LogP) is 0.664. The first-order chi connectivity index (χ1) is 6.77. The van der Waals surface area contributed by atoms with Gasteiger partial charge in [-0.3, -0.25) is 0 Å². The third-order valence-corrected chi connectivity index (χ3v) is 2.09. The zero-order valence-corrected chi connectivity index (χ0v) is 8.43. The number of carbonyl (C=O) groups is 1. The number of aliphatic hydroxyl groups is 1. The number of aliphatic hydroxyl groups excluding tert-OH is 1. The van der Waals surface area contributed by atoms with Crippen LogP contribution in [0.5, 0.6) is 0 Å². The highest BCUT2D eigenvalue weighted by Gasteiger charge is 2.08. The normalized spacial score (nSPS) is 9.00. The lowest BCUT2D eigenvalue weighted by atomic mass is 10.4. The first-order valence-corrected chi connectivity index (χ1v) is 4.79. The van der Waals surface area contributed by atoms with Crippen molar-refractivity contribution < 1.29 is 14.6 Å². The molecule has 1 aromatic heterocycles. The van der Waals surface area contributed by atoms with Crippen molar-refractivity contribution in [2.45, 2.75) is 6.42 Å². The molecule has 0 saturated carbocycles. The molecule has 0 atom stereocenters. The molecule has 0 radical (unpaired) electrons. The first kappa shape index (κ1) is 10.7. The Hall–Kier alpha value is -1.38. The molecule has 0 fully saturated rings. The molecular formula is C9H9NO3S. The van der Waals surface area contributed by atoms with E-state index >= 15 is 0 Å². The maximum Gasteiger partial charge on any atom is 0.357 e. The van der Waals surface area contributed by atoms with Gasteiger partial charge in [-0.15, -0.1) is 11.3 Å². The molecule has 0 aliphatic rings. The fraction of sp³-hybridized carbons (Fsp3) is 0.333. The number of methoxy groups -OCH3 is 1. The van der Waals surface area contributed by atoms with Crippen LogP contribution in [0.3, 0.4) is 0 Å². The summed E-state index contributed by atoms with van der Waals surface area (Å²) in [7, 11) is 1.30. The van der Waals surface area contributed by atoms with E-state index in [2.05, 4.69) is 21.6 Å². The molecule has 74 valence electrons. The van der Waals surface area contributed by atoms with Crippen LogP contribution in [0, 0.1) is 11.8 Å². The van der Waals surface area contributed by atoms with E-state index < -0.39 is 5.97 Å². The monoisotopic (exact) mass is 211 g/mol. The van der Waals surface area contributed by atoms with E-state index in [9.17, 15) is 4.79 Å². The molecular weight excluding hydrogens is 202 g/mol. The van der Waals surface area contributed by atoms with Gasteiger partial charge >= 0.3 is 5.97 Å². The van der Waals surface area contributed by atoms with Crippen molar-refractivity contribution in [2.75, 3.05) is 13.7 Å². The Kier molecular flexibility index (Phi) is 4.11. The summed E-state index contributed by atoms with van der Waals surface area (Å²) in [6.07, 6.45) is 0.410. The topological polar surface area (TPSA) is 59.4 Å². The summed E-state index contributed by atoms with van der Waals surface area (Å²) < 4.78 is 4.49. The van der Waals surface area contributed by atoms with Gasteiger partial charge in [0.1, 0.15) is 0 Å².